The standard InChI is InChI=1S/C16H18ClN3O3S/c1-11(16(21)20-14-4-2-3-13(17)9-14)19-10-12-5-7-15(8-6-12)24(18,22)23/h2-9,11,19H,10H2,1H3,(H,20,21)(H2,18,22,23)/p+1/t11-/m0/s1. The van der Waals surface area contributed by atoms with E-state index >= 15 is 0 Å². The lowest BCUT2D eigenvalue weighted by atomic mass is 10.2. The van der Waals surface area contributed by atoms with Crippen LogP contribution in [0.4, 0.5) is 5.69 Å². The number of sulfonamides is 1. The van der Waals surface area contributed by atoms with Crippen LogP contribution in [0.2, 0.25) is 5.02 Å². The minimum Gasteiger partial charge on any atom is -0.333 e. The fraction of sp³-hybridized carbons (Fsp3) is 0.188. The summed E-state index contributed by atoms with van der Waals surface area (Å²) in [4.78, 5) is 12.2. The van der Waals surface area contributed by atoms with Gasteiger partial charge in [0.05, 0.1) is 4.90 Å². The summed E-state index contributed by atoms with van der Waals surface area (Å²) in [7, 11) is -3.69. The summed E-state index contributed by atoms with van der Waals surface area (Å²) >= 11 is 5.88. The van der Waals surface area contributed by atoms with Crippen LogP contribution in [0.5, 0.6) is 0 Å². The Kier molecular flexibility index (Phi) is 5.95. The third-order valence-corrected chi connectivity index (χ3v) is 4.63. The number of quaternary nitrogens is 1. The van der Waals surface area contributed by atoms with Gasteiger partial charge in [-0.15, -0.1) is 0 Å². The van der Waals surface area contributed by atoms with E-state index in [-0.39, 0.29) is 16.8 Å². The fourth-order valence-corrected chi connectivity index (χ4v) is 2.76. The summed E-state index contributed by atoms with van der Waals surface area (Å²) in [5.74, 6) is -0.140. The van der Waals surface area contributed by atoms with Gasteiger partial charge in [0.2, 0.25) is 10.0 Å². The van der Waals surface area contributed by atoms with Crippen molar-refractivity contribution >= 4 is 33.2 Å². The van der Waals surface area contributed by atoms with E-state index < -0.39 is 10.0 Å². The molecule has 0 unspecified atom stereocenters. The molecule has 0 aliphatic carbocycles. The zero-order chi connectivity index (χ0) is 17.7. The lowest BCUT2D eigenvalue weighted by molar-refractivity contribution is -0.688. The van der Waals surface area contributed by atoms with E-state index in [4.69, 9.17) is 16.7 Å². The molecule has 6 nitrogen and oxygen atoms in total. The van der Waals surface area contributed by atoms with Crippen molar-refractivity contribution in [2.45, 2.75) is 24.4 Å². The average Bonchev–Trinajstić information content (AvgIpc) is 2.52. The van der Waals surface area contributed by atoms with Crippen LogP contribution < -0.4 is 15.8 Å². The Balaban J connectivity index is 1.90. The molecule has 128 valence electrons. The number of hydrogen-bond acceptors (Lipinski definition) is 3. The molecule has 0 spiro atoms. The van der Waals surface area contributed by atoms with Crippen molar-refractivity contribution in [1.29, 1.82) is 0 Å². The number of nitrogens with two attached hydrogens (primary N) is 2. The molecule has 0 aliphatic heterocycles. The van der Waals surface area contributed by atoms with E-state index in [1.165, 1.54) is 12.1 Å². The quantitative estimate of drug-likeness (QED) is 0.710. The van der Waals surface area contributed by atoms with Gasteiger partial charge in [-0.3, -0.25) is 4.79 Å². The number of carbonyl (C=O) groups excluding carboxylic acids is 1. The molecule has 0 aliphatic rings. The minimum atomic E-state index is -3.69. The van der Waals surface area contributed by atoms with Crippen LogP contribution in [0, 0.1) is 0 Å². The molecule has 1 atom stereocenters. The van der Waals surface area contributed by atoms with Gasteiger partial charge in [-0.05, 0) is 37.3 Å². The van der Waals surface area contributed by atoms with Crippen LogP contribution in [0.25, 0.3) is 0 Å². The van der Waals surface area contributed by atoms with Gasteiger partial charge in [0.15, 0.2) is 6.04 Å². The molecule has 0 bridgehead atoms. The number of amides is 1. The van der Waals surface area contributed by atoms with Crippen molar-refractivity contribution in [2.75, 3.05) is 5.32 Å². The number of benzene rings is 2. The lowest BCUT2D eigenvalue weighted by Gasteiger charge is -2.12. The van der Waals surface area contributed by atoms with Crippen LogP contribution in [-0.4, -0.2) is 20.4 Å². The molecule has 2 aromatic carbocycles. The first-order valence-corrected chi connectivity index (χ1v) is 9.19. The fourth-order valence-electron chi connectivity index (χ4n) is 2.06. The number of hydrogen-bond donors (Lipinski definition) is 3. The maximum atomic E-state index is 12.1. The lowest BCUT2D eigenvalue weighted by Crippen LogP contribution is -2.90. The second-order valence-electron chi connectivity index (χ2n) is 5.42. The van der Waals surface area contributed by atoms with Crippen LogP contribution in [-0.2, 0) is 21.4 Å². The van der Waals surface area contributed by atoms with E-state index in [1.54, 1.807) is 43.3 Å². The van der Waals surface area contributed by atoms with Crippen molar-refractivity contribution in [2.24, 2.45) is 5.14 Å². The topological polar surface area (TPSA) is 106 Å². The highest BCUT2D eigenvalue weighted by Gasteiger charge is 2.16. The third-order valence-electron chi connectivity index (χ3n) is 3.46. The Morgan fingerprint density at radius 2 is 1.92 bits per heavy atom. The average molecular weight is 369 g/mol. The zero-order valence-corrected chi connectivity index (χ0v) is 14.6. The molecular weight excluding hydrogens is 350 g/mol. The summed E-state index contributed by atoms with van der Waals surface area (Å²) in [6.07, 6.45) is 0. The normalized spacial score (nSPS) is 12.6. The first kappa shape index (κ1) is 18.4. The van der Waals surface area contributed by atoms with Gasteiger partial charge in [0.25, 0.3) is 5.91 Å². The highest BCUT2D eigenvalue weighted by Crippen LogP contribution is 2.14. The molecule has 0 radical (unpaired) electrons. The maximum Gasteiger partial charge on any atom is 0.282 e. The van der Waals surface area contributed by atoms with Crippen molar-refractivity contribution < 1.29 is 18.5 Å². The Labute approximate surface area is 146 Å². The van der Waals surface area contributed by atoms with Gasteiger partial charge in [0.1, 0.15) is 6.54 Å². The molecule has 5 N–H and O–H groups in total. The van der Waals surface area contributed by atoms with Gasteiger partial charge in [0, 0.05) is 16.3 Å². The van der Waals surface area contributed by atoms with Crippen LogP contribution in [0.1, 0.15) is 12.5 Å². The van der Waals surface area contributed by atoms with Crippen LogP contribution >= 0.6 is 11.6 Å². The summed E-state index contributed by atoms with van der Waals surface area (Å²) in [6.45, 7) is 2.33. The van der Waals surface area contributed by atoms with Gasteiger partial charge >= 0.3 is 0 Å². The first-order valence-electron chi connectivity index (χ1n) is 7.27. The van der Waals surface area contributed by atoms with Crippen LogP contribution in [0.15, 0.2) is 53.4 Å². The van der Waals surface area contributed by atoms with E-state index in [1.807, 2.05) is 5.32 Å². The number of nitrogens with one attached hydrogen (secondary N) is 1. The Hall–Kier alpha value is -1.93. The van der Waals surface area contributed by atoms with Crippen molar-refractivity contribution in [3.63, 3.8) is 0 Å². The maximum absolute atomic E-state index is 12.1. The highest BCUT2D eigenvalue weighted by atomic mass is 35.5. The molecule has 0 heterocycles. The molecule has 0 saturated carbocycles. The molecule has 1 amide bonds. The zero-order valence-electron chi connectivity index (χ0n) is 13.1. The van der Waals surface area contributed by atoms with Crippen molar-refractivity contribution in [1.82, 2.24) is 0 Å². The molecule has 8 heteroatoms. The molecular formula is C16H19ClN3O3S+. The Morgan fingerprint density at radius 1 is 1.25 bits per heavy atom. The number of carbonyl (C=O) groups is 1. The van der Waals surface area contributed by atoms with E-state index in [0.29, 0.717) is 17.3 Å². The SMILES string of the molecule is C[C@H]([NH2+]Cc1ccc(S(N)(=O)=O)cc1)C(=O)Nc1cccc(Cl)c1. The molecule has 2 aromatic rings. The van der Waals surface area contributed by atoms with E-state index in [0.717, 1.165) is 5.56 Å². The molecule has 2 rings (SSSR count). The first-order chi connectivity index (χ1) is 11.3. The molecule has 0 fully saturated rings. The number of anilines is 1. The van der Waals surface area contributed by atoms with E-state index in [9.17, 15) is 13.2 Å². The molecule has 24 heavy (non-hydrogen) atoms. The smallest absolute Gasteiger partial charge is 0.282 e. The number of primary sulfonamides is 1. The van der Waals surface area contributed by atoms with Crippen molar-refractivity contribution in [3.05, 3.63) is 59.1 Å². The number of halogens is 1. The summed E-state index contributed by atoms with van der Waals surface area (Å²) in [5.41, 5.74) is 1.54. The predicted molar refractivity (Wildman–Crippen MR) is 93.0 cm³/mol. The molecule has 0 aromatic heterocycles. The Bertz CT molecular complexity index is 823. The van der Waals surface area contributed by atoms with Crippen molar-refractivity contribution in [3.8, 4) is 0 Å². The van der Waals surface area contributed by atoms with Gasteiger partial charge in [-0.2, -0.15) is 0 Å². The number of rotatable bonds is 6. The minimum absolute atomic E-state index is 0.0676. The summed E-state index contributed by atoms with van der Waals surface area (Å²) < 4.78 is 22.4. The van der Waals surface area contributed by atoms with Crippen LogP contribution in [0.3, 0.4) is 0 Å². The second-order valence-corrected chi connectivity index (χ2v) is 7.41. The highest BCUT2D eigenvalue weighted by molar-refractivity contribution is 7.89. The second kappa shape index (κ2) is 7.76. The summed E-state index contributed by atoms with van der Waals surface area (Å²) in [6, 6.07) is 12.9. The largest absolute Gasteiger partial charge is 0.333 e. The van der Waals surface area contributed by atoms with Gasteiger partial charge in [-0.1, -0.05) is 29.8 Å². The van der Waals surface area contributed by atoms with E-state index in [2.05, 4.69) is 5.32 Å². The van der Waals surface area contributed by atoms with Gasteiger partial charge < -0.3 is 10.6 Å². The monoisotopic (exact) mass is 368 g/mol. The predicted octanol–water partition coefficient (Wildman–Crippen LogP) is 1.08. The van der Waals surface area contributed by atoms with Gasteiger partial charge in [-0.25, -0.2) is 13.6 Å². The third kappa shape index (κ3) is 5.31. The summed E-state index contributed by atoms with van der Waals surface area (Å²) in [5, 5.41) is 10.3. The Morgan fingerprint density at radius 3 is 2.50 bits per heavy atom. The molecule has 0 saturated heterocycles.